The van der Waals surface area contributed by atoms with Gasteiger partial charge >= 0.3 is 6.36 Å². The second kappa shape index (κ2) is 7.84. The van der Waals surface area contributed by atoms with E-state index >= 15 is 0 Å². The van der Waals surface area contributed by atoms with Gasteiger partial charge in [0, 0.05) is 5.69 Å². The van der Waals surface area contributed by atoms with Gasteiger partial charge in [0.25, 0.3) is 5.91 Å². The first-order valence-corrected chi connectivity index (χ1v) is 8.35. The lowest BCUT2D eigenvalue weighted by atomic mass is 10.0. The molecule has 1 aromatic heterocycles. The maximum absolute atomic E-state index is 12.7. The summed E-state index contributed by atoms with van der Waals surface area (Å²) < 4.78 is 45.9. The largest absolute Gasteiger partial charge is 0.573 e. The highest BCUT2D eigenvalue weighted by molar-refractivity contribution is 6.00. The van der Waals surface area contributed by atoms with Crippen molar-refractivity contribution in [2.75, 3.05) is 5.73 Å². The van der Waals surface area contributed by atoms with E-state index in [1.807, 2.05) is 0 Å². The maximum Gasteiger partial charge on any atom is 0.573 e. The first-order valence-electron chi connectivity index (χ1n) is 8.35. The highest BCUT2D eigenvalue weighted by Crippen LogP contribution is 2.28. The molecule has 1 heterocycles. The van der Waals surface area contributed by atoms with E-state index < -0.39 is 12.3 Å². The highest BCUT2D eigenvalue weighted by atomic mass is 19.4. The molecule has 0 spiro atoms. The number of ether oxygens (including phenoxy) is 1. The van der Waals surface area contributed by atoms with Gasteiger partial charge in [0.05, 0.1) is 11.3 Å². The summed E-state index contributed by atoms with van der Waals surface area (Å²) in [5, 5.41) is 0.918. The Morgan fingerprint density at radius 2 is 1.83 bits per heavy atom. The van der Waals surface area contributed by atoms with Gasteiger partial charge in [-0.2, -0.15) is 0 Å². The van der Waals surface area contributed by atoms with Crippen LogP contribution in [0.25, 0.3) is 11.1 Å². The summed E-state index contributed by atoms with van der Waals surface area (Å²) in [5.41, 5.74) is 8.05. The third-order valence-corrected chi connectivity index (χ3v) is 3.94. The molecule has 4 N–H and O–H groups in total. The van der Waals surface area contributed by atoms with Crippen molar-refractivity contribution in [2.45, 2.75) is 19.8 Å². The molecule has 0 bridgehead atoms. The number of rotatable bonds is 5. The molecule has 0 aliphatic rings. The van der Waals surface area contributed by atoms with Gasteiger partial charge in [-0.15, -0.1) is 13.2 Å². The minimum atomic E-state index is -4.77. The molecule has 10 heteroatoms. The molecule has 1 amide bonds. The number of nitrogen functional groups attached to an aromatic ring is 1. The summed E-state index contributed by atoms with van der Waals surface area (Å²) >= 11 is 0. The number of carbonyl (C=O) groups is 1. The number of nitrogens with zero attached hydrogens (tertiary/aromatic N) is 2. The molecule has 0 saturated heterocycles. The van der Waals surface area contributed by atoms with Crippen molar-refractivity contribution in [2.24, 2.45) is 5.84 Å². The van der Waals surface area contributed by atoms with E-state index in [1.165, 1.54) is 42.7 Å². The molecule has 3 rings (SSSR count). The summed E-state index contributed by atoms with van der Waals surface area (Å²) in [6.45, 7) is 1.68. The van der Waals surface area contributed by atoms with E-state index in [1.54, 1.807) is 13.0 Å². The topological polar surface area (TPSA) is 108 Å². The predicted octanol–water partition coefficient (Wildman–Crippen LogP) is 3.65. The van der Waals surface area contributed by atoms with E-state index in [0.717, 1.165) is 5.01 Å². The third-order valence-electron chi connectivity index (χ3n) is 3.94. The van der Waals surface area contributed by atoms with Crippen LogP contribution in [0, 0.1) is 6.92 Å². The van der Waals surface area contributed by atoms with Crippen LogP contribution in [0.4, 0.5) is 18.9 Å². The third kappa shape index (κ3) is 5.05. The quantitative estimate of drug-likeness (QED) is 0.290. The van der Waals surface area contributed by atoms with Crippen molar-refractivity contribution in [1.29, 1.82) is 0 Å². The van der Waals surface area contributed by atoms with Gasteiger partial charge in [-0.05, 0) is 42.3 Å². The molecule has 0 aliphatic heterocycles. The molecule has 0 atom stereocenters. The van der Waals surface area contributed by atoms with Crippen LogP contribution in [0.2, 0.25) is 0 Å². The Hall–Kier alpha value is -3.53. The lowest BCUT2D eigenvalue weighted by Gasteiger charge is -2.17. The van der Waals surface area contributed by atoms with Gasteiger partial charge in [-0.3, -0.25) is 9.80 Å². The van der Waals surface area contributed by atoms with Gasteiger partial charge in [-0.1, -0.05) is 18.2 Å². The smallest absolute Gasteiger partial charge is 0.447 e. The first-order chi connectivity index (χ1) is 13.6. The maximum atomic E-state index is 12.7. The molecule has 0 saturated carbocycles. The normalized spacial score (nSPS) is 11.3. The van der Waals surface area contributed by atoms with Gasteiger partial charge in [0.2, 0.25) is 5.89 Å². The van der Waals surface area contributed by atoms with Crippen LogP contribution in [0.15, 0.2) is 53.1 Å². The van der Waals surface area contributed by atoms with E-state index in [0.29, 0.717) is 16.8 Å². The number of carbonyl (C=O) groups excluding carboxylic acids is 1. The fourth-order valence-corrected chi connectivity index (χ4v) is 2.62. The number of aryl methyl sites for hydroxylation is 1. The minimum absolute atomic E-state index is 0.0557. The molecule has 3 aromatic rings. The predicted molar refractivity (Wildman–Crippen MR) is 98.3 cm³/mol. The van der Waals surface area contributed by atoms with Gasteiger partial charge in [0.1, 0.15) is 18.6 Å². The van der Waals surface area contributed by atoms with Crippen LogP contribution >= 0.6 is 0 Å². The molecule has 7 nitrogen and oxygen atoms in total. The van der Waals surface area contributed by atoms with Crippen LogP contribution in [0.3, 0.4) is 0 Å². The zero-order valence-electron chi connectivity index (χ0n) is 15.2. The second-order valence-electron chi connectivity index (χ2n) is 6.19. The van der Waals surface area contributed by atoms with Crippen molar-refractivity contribution < 1.29 is 27.1 Å². The summed E-state index contributed by atoms with van der Waals surface area (Å²) in [4.78, 5) is 16.8. The van der Waals surface area contributed by atoms with Crippen LogP contribution in [0.5, 0.6) is 5.75 Å². The Bertz CT molecular complexity index is 1020. The number of halogens is 3. The van der Waals surface area contributed by atoms with Crippen LogP contribution in [-0.4, -0.2) is 22.3 Å². The first kappa shape index (κ1) is 20.2. The lowest BCUT2D eigenvalue weighted by Crippen LogP contribution is -2.37. The van der Waals surface area contributed by atoms with Crippen LogP contribution in [0.1, 0.15) is 21.9 Å². The van der Waals surface area contributed by atoms with Gasteiger partial charge in [-0.25, -0.2) is 10.8 Å². The number of alkyl halides is 3. The van der Waals surface area contributed by atoms with Crippen molar-refractivity contribution in [3.8, 4) is 16.9 Å². The summed E-state index contributed by atoms with van der Waals surface area (Å²) in [6.07, 6.45) is -3.33. The summed E-state index contributed by atoms with van der Waals surface area (Å²) in [5.74, 6) is 5.20. The van der Waals surface area contributed by atoms with Crippen molar-refractivity contribution in [3.63, 3.8) is 0 Å². The van der Waals surface area contributed by atoms with Gasteiger partial charge in [0.15, 0.2) is 0 Å². The number of nitrogens with two attached hydrogens (primary N) is 2. The zero-order valence-corrected chi connectivity index (χ0v) is 15.2. The molecule has 152 valence electrons. The molecule has 0 aliphatic carbocycles. The van der Waals surface area contributed by atoms with Crippen molar-refractivity contribution in [1.82, 2.24) is 9.99 Å². The second-order valence-corrected chi connectivity index (χ2v) is 6.19. The minimum Gasteiger partial charge on any atom is -0.447 e. The Morgan fingerprint density at radius 3 is 2.41 bits per heavy atom. The van der Waals surface area contributed by atoms with Crippen LogP contribution < -0.4 is 16.3 Å². The number of anilines is 1. The number of oxazole rings is 1. The summed E-state index contributed by atoms with van der Waals surface area (Å²) in [6, 6.07) is 9.92. The van der Waals surface area contributed by atoms with E-state index in [9.17, 15) is 18.0 Å². The van der Waals surface area contributed by atoms with E-state index in [2.05, 4.69) is 9.72 Å². The van der Waals surface area contributed by atoms with Crippen LogP contribution in [-0.2, 0) is 6.54 Å². The average molecular weight is 406 g/mol. The Kier molecular flexibility index (Phi) is 5.46. The number of hydrogen-bond acceptors (Lipinski definition) is 6. The van der Waals surface area contributed by atoms with E-state index in [-0.39, 0.29) is 29.4 Å². The molecule has 0 fully saturated rings. The fourth-order valence-electron chi connectivity index (χ4n) is 2.62. The monoisotopic (exact) mass is 406 g/mol. The fraction of sp³-hybridized carbons (Fsp3) is 0.158. The molecular weight excluding hydrogens is 389 g/mol. The van der Waals surface area contributed by atoms with Gasteiger partial charge < -0.3 is 14.9 Å². The SMILES string of the molecule is Cc1coc(CN(N)C(=O)c2cc(-c3ccc(OC(F)(F)F)cc3)ccc2N)n1. The molecule has 0 unspecified atom stereocenters. The highest BCUT2D eigenvalue weighted by Gasteiger charge is 2.31. The number of hydrogen-bond donors (Lipinski definition) is 2. The zero-order chi connectivity index (χ0) is 21.2. The molecule has 29 heavy (non-hydrogen) atoms. The van der Waals surface area contributed by atoms with Crippen molar-refractivity contribution >= 4 is 11.6 Å². The average Bonchev–Trinajstić information content (AvgIpc) is 3.05. The molecule has 2 aromatic carbocycles. The number of amides is 1. The lowest BCUT2D eigenvalue weighted by molar-refractivity contribution is -0.274. The Balaban J connectivity index is 1.81. The molecule has 0 radical (unpaired) electrons. The van der Waals surface area contributed by atoms with Crippen molar-refractivity contribution in [3.05, 3.63) is 65.9 Å². The number of aromatic nitrogens is 1. The van der Waals surface area contributed by atoms with E-state index in [4.69, 9.17) is 16.0 Å². The number of hydrazine groups is 1. The Morgan fingerprint density at radius 1 is 1.17 bits per heavy atom. The standard InChI is InChI=1S/C19H17F3N4O3/c1-11-10-28-17(25-11)9-26(24)18(27)15-8-13(4-7-16(15)23)12-2-5-14(6-3-12)29-19(20,21)22/h2-8,10H,9,23-24H2,1H3. The summed E-state index contributed by atoms with van der Waals surface area (Å²) in [7, 11) is 0. The molecular formula is C19H17F3N4O3. The Labute approximate surface area is 163 Å². The number of benzene rings is 2.